The maximum Gasteiger partial charge on any atom is 0.240 e. The molecule has 2 atom stereocenters. The van der Waals surface area contributed by atoms with Crippen molar-refractivity contribution in [3.8, 4) is 0 Å². The minimum absolute atomic E-state index is 0.193. The van der Waals surface area contributed by atoms with Gasteiger partial charge in [-0.05, 0) is 56.2 Å². The number of alkyl halides is 1. The van der Waals surface area contributed by atoms with Gasteiger partial charge in [0.25, 0.3) is 0 Å². The molecule has 1 aliphatic carbocycles. The van der Waals surface area contributed by atoms with Gasteiger partial charge in [-0.25, -0.2) is 13.1 Å². The van der Waals surface area contributed by atoms with E-state index in [0.29, 0.717) is 17.4 Å². The molecule has 1 fully saturated rings. The van der Waals surface area contributed by atoms with E-state index in [1.807, 2.05) is 26.0 Å². The van der Waals surface area contributed by atoms with Gasteiger partial charge in [0, 0.05) is 11.9 Å². The molecule has 112 valence electrons. The Morgan fingerprint density at radius 1 is 1.30 bits per heavy atom. The maximum atomic E-state index is 12.4. The van der Waals surface area contributed by atoms with Gasteiger partial charge in [-0.1, -0.05) is 18.6 Å². The molecule has 1 aromatic carbocycles. The van der Waals surface area contributed by atoms with Crippen molar-refractivity contribution in [3.05, 3.63) is 29.3 Å². The van der Waals surface area contributed by atoms with Crippen LogP contribution in [-0.2, 0) is 10.0 Å². The highest BCUT2D eigenvalue weighted by atomic mass is 35.5. The summed E-state index contributed by atoms with van der Waals surface area (Å²) in [7, 11) is -3.42. The fourth-order valence-corrected chi connectivity index (χ4v) is 4.56. The second kappa shape index (κ2) is 6.46. The van der Waals surface area contributed by atoms with Crippen molar-refractivity contribution in [1.29, 1.82) is 0 Å². The molecule has 0 amide bonds. The first-order chi connectivity index (χ1) is 9.38. The smallest absolute Gasteiger partial charge is 0.211 e. The average molecular weight is 316 g/mol. The van der Waals surface area contributed by atoms with Crippen LogP contribution in [0.25, 0.3) is 0 Å². The van der Waals surface area contributed by atoms with Gasteiger partial charge >= 0.3 is 0 Å². The highest BCUT2D eigenvalue weighted by molar-refractivity contribution is 7.89. The molecule has 0 spiro atoms. The normalized spacial score (nSPS) is 23.8. The zero-order valence-corrected chi connectivity index (χ0v) is 13.6. The maximum absolute atomic E-state index is 12.4. The number of sulfonamides is 1. The zero-order chi connectivity index (χ0) is 14.8. The van der Waals surface area contributed by atoms with Crippen LogP contribution in [0.2, 0.25) is 0 Å². The Balaban J connectivity index is 2.05. The zero-order valence-electron chi connectivity index (χ0n) is 12.0. The van der Waals surface area contributed by atoms with Crippen molar-refractivity contribution >= 4 is 21.6 Å². The Morgan fingerprint density at radius 2 is 2.05 bits per heavy atom. The Labute approximate surface area is 126 Å². The number of nitrogens with one attached hydrogen (secondary N) is 1. The predicted molar refractivity (Wildman–Crippen MR) is 82.7 cm³/mol. The lowest BCUT2D eigenvalue weighted by Crippen LogP contribution is -2.32. The number of benzene rings is 1. The lowest BCUT2D eigenvalue weighted by atomic mass is 9.89. The summed E-state index contributed by atoms with van der Waals surface area (Å²) in [5, 5.41) is 0.193. The molecular formula is C15H22ClNO2S. The van der Waals surface area contributed by atoms with Crippen LogP contribution in [0, 0.1) is 19.8 Å². The van der Waals surface area contributed by atoms with Crippen LogP contribution in [-0.4, -0.2) is 20.3 Å². The summed E-state index contributed by atoms with van der Waals surface area (Å²) < 4.78 is 27.5. The van der Waals surface area contributed by atoms with Crippen LogP contribution in [0.4, 0.5) is 0 Å². The number of rotatable bonds is 4. The third-order valence-electron chi connectivity index (χ3n) is 3.91. The first-order valence-corrected chi connectivity index (χ1v) is 9.01. The Hall–Kier alpha value is -0.580. The second-order valence-corrected chi connectivity index (χ2v) is 8.10. The lowest BCUT2D eigenvalue weighted by molar-refractivity contribution is 0.361. The molecule has 0 heterocycles. The summed E-state index contributed by atoms with van der Waals surface area (Å²) >= 11 is 6.15. The summed E-state index contributed by atoms with van der Waals surface area (Å²) in [5.74, 6) is 0.353. The Kier molecular flexibility index (Phi) is 5.10. The molecule has 1 aromatic rings. The van der Waals surface area contributed by atoms with Gasteiger partial charge < -0.3 is 0 Å². The number of halogens is 1. The number of hydrogen-bond donors (Lipinski definition) is 1. The van der Waals surface area contributed by atoms with Crippen LogP contribution >= 0.6 is 11.6 Å². The first kappa shape index (κ1) is 15.8. The van der Waals surface area contributed by atoms with Gasteiger partial charge in [-0.3, -0.25) is 0 Å². The highest BCUT2D eigenvalue weighted by Crippen LogP contribution is 2.27. The average Bonchev–Trinajstić information content (AvgIpc) is 2.39. The monoisotopic (exact) mass is 315 g/mol. The van der Waals surface area contributed by atoms with Gasteiger partial charge in [-0.15, -0.1) is 11.6 Å². The third-order valence-corrected chi connectivity index (χ3v) is 5.88. The van der Waals surface area contributed by atoms with E-state index >= 15 is 0 Å². The van der Waals surface area contributed by atoms with Crippen molar-refractivity contribution < 1.29 is 8.42 Å². The Morgan fingerprint density at radius 3 is 2.75 bits per heavy atom. The van der Waals surface area contributed by atoms with E-state index < -0.39 is 10.0 Å². The van der Waals surface area contributed by atoms with Crippen LogP contribution in [0.1, 0.15) is 36.8 Å². The Bertz CT molecular complexity index is 571. The molecule has 1 N–H and O–H groups in total. The second-order valence-electron chi connectivity index (χ2n) is 5.75. The van der Waals surface area contributed by atoms with Crippen molar-refractivity contribution in [2.45, 2.75) is 49.8 Å². The molecule has 2 rings (SSSR count). The van der Waals surface area contributed by atoms with Gasteiger partial charge in [0.2, 0.25) is 10.0 Å². The van der Waals surface area contributed by atoms with E-state index in [0.717, 1.165) is 36.8 Å². The first-order valence-electron chi connectivity index (χ1n) is 7.09. The quantitative estimate of drug-likeness (QED) is 0.866. The van der Waals surface area contributed by atoms with Crippen LogP contribution < -0.4 is 4.72 Å². The van der Waals surface area contributed by atoms with Crippen molar-refractivity contribution in [1.82, 2.24) is 4.72 Å². The number of aryl methyl sites for hydroxylation is 2. The summed E-state index contributed by atoms with van der Waals surface area (Å²) in [6.07, 6.45) is 4.08. The summed E-state index contributed by atoms with van der Waals surface area (Å²) in [4.78, 5) is 0.385. The van der Waals surface area contributed by atoms with Gasteiger partial charge in [0.15, 0.2) is 0 Å². The largest absolute Gasteiger partial charge is 0.240 e. The summed E-state index contributed by atoms with van der Waals surface area (Å²) in [6, 6.07) is 5.50. The van der Waals surface area contributed by atoms with E-state index in [1.165, 1.54) is 0 Å². The third kappa shape index (κ3) is 3.96. The van der Waals surface area contributed by atoms with E-state index in [-0.39, 0.29) is 5.38 Å². The van der Waals surface area contributed by atoms with Crippen molar-refractivity contribution in [2.24, 2.45) is 5.92 Å². The minimum Gasteiger partial charge on any atom is -0.211 e. The van der Waals surface area contributed by atoms with E-state index in [4.69, 9.17) is 11.6 Å². The SMILES string of the molecule is Cc1ccc(C)c(S(=O)(=O)NCC2CCCC(Cl)C2)c1. The minimum atomic E-state index is -3.42. The molecule has 5 heteroatoms. The fraction of sp³-hybridized carbons (Fsp3) is 0.600. The molecule has 0 bridgehead atoms. The topological polar surface area (TPSA) is 46.2 Å². The molecule has 1 saturated carbocycles. The molecule has 1 aliphatic rings. The molecule has 0 aliphatic heterocycles. The lowest BCUT2D eigenvalue weighted by Gasteiger charge is -2.25. The van der Waals surface area contributed by atoms with Crippen LogP contribution in [0.5, 0.6) is 0 Å². The van der Waals surface area contributed by atoms with Crippen molar-refractivity contribution in [3.63, 3.8) is 0 Å². The van der Waals surface area contributed by atoms with Crippen LogP contribution in [0.3, 0.4) is 0 Å². The molecular weight excluding hydrogens is 294 g/mol. The molecule has 2 unspecified atom stereocenters. The van der Waals surface area contributed by atoms with Gasteiger partial charge in [0.1, 0.15) is 0 Å². The van der Waals surface area contributed by atoms with Gasteiger partial charge in [-0.2, -0.15) is 0 Å². The van der Waals surface area contributed by atoms with Crippen LogP contribution in [0.15, 0.2) is 23.1 Å². The van der Waals surface area contributed by atoms with Crippen molar-refractivity contribution in [2.75, 3.05) is 6.54 Å². The molecule has 0 saturated heterocycles. The fourth-order valence-electron chi connectivity index (χ4n) is 2.71. The van der Waals surface area contributed by atoms with E-state index in [1.54, 1.807) is 6.07 Å². The number of hydrogen-bond acceptors (Lipinski definition) is 2. The van der Waals surface area contributed by atoms with Gasteiger partial charge in [0.05, 0.1) is 4.90 Å². The van der Waals surface area contributed by atoms with E-state index in [2.05, 4.69) is 4.72 Å². The summed E-state index contributed by atoms with van der Waals surface area (Å²) in [6.45, 7) is 4.21. The summed E-state index contributed by atoms with van der Waals surface area (Å²) in [5.41, 5.74) is 1.73. The molecule has 20 heavy (non-hydrogen) atoms. The highest BCUT2D eigenvalue weighted by Gasteiger charge is 2.23. The molecule has 0 radical (unpaired) electrons. The molecule has 3 nitrogen and oxygen atoms in total. The predicted octanol–water partition coefficient (Wildman–Crippen LogP) is 3.38. The molecule has 0 aromatic heterocycles. The van der Waals surface area contributed by atoms with E-state index in [9.17, 15) is 8.42 Å². The standard InChI is InChI=1S/C15H22ClNO2S/c1-11-6-7-12(2)15(8-11)20(18,19)17-10-13-4-3-5-14(16)9-13/h6-8,13-14,17H,3-5,9-10H2,1-2H3.